The number of benzene rings is 1. The topological polar surface area (TPSA) is 47.0 Å². The molecule has 1 heterocycles. The molecule has 1 aromatic carbocycles. The fourth-order valence-electron chi connectivity index (χ4n) is 2.08. The average Bonchev–Trinajstić information content (AvgIpc) is 2.48. The number of methoxy groups -OCH3 is 1. The van der Waals surface area contributed by atoms with E-state index in [1.165, 1.54) is 0 Å². The van der Waals surface area contributed by atoms with Crippen molar-refractivity contribution in [2.45, 2.75) is 19.4 Å². The third kappa shape index (κ3) is 3.51. The third-order valence-corrected chi connectivity index (χ3v) is 2.96. The van der Waals surface area contributed by atoms with E-state index >= 15 is 0 Å². The highest BCUT2D eigenvalue weighted by atomic mass is 16.5. The van der Waals surface area contributed by atoms with Crippen LogP contribution in [-0.2, 0) is 6.42 Å². The monoisotopic (exact) mass is 257 g/mol. The van der Waals surface area contributed by atoms with Crippen LogP contribution in [0.15, 0.2) is 42.7 Å². The number of ether oxygens (including phenoxy) is 1. The molecule has 0 aliphatic heterocycles. The summed E-state index contributed by atoms with van der Waals surface area (Å²) in [5.74, 6) is 1.72. The molecule has 2 rings (SSSR count). The highest BCUT2D eigenvalue weighted by Crippen LogP contribution is 2.23. The number of para-hydroxylation sites is 1. The van der Waals surface area contributed by atoms with Gasteiger partial charge in [0.2, 0.25) is 0 Å². The molecule has 0 fully saturated rings. The van der Waals surface area contributed by atoms with Crippen molar-refractivity contribution < 1.29 is 4.74 Å². The maximum absolute atomic E-state index is 5.39. The van der Waals surface area contributed by atoms with Crippen molar-refractivity contribution in [1.82, 2.24) is 15.3 Å². The van der Waals surface area contributed by atoms with Crippen LogP contribution < -0.4 is 10.1 Å². The number of hydrogen-bond acceptors (Lipinski definition) is 4. The van der Waals surface area contributed by atoms with Crippen LogP contribution in [0.25, 0.3) is 0 Å². The van der Waals surface area contributed by atoms with Crippen molar-refractivity contribution in [2.24, 2.45) is 0 Å². The average molecular weight is 257 g/mol. The first-order chi connectivity index (χ1) is 9.35. The van der Waals surface area contributed by atoms with Gasteiger partial charge < -0.3 is 10.1 Å². The molecule has 0 spiro atoms. The molecule has 2 aromatic rings. The van der Waals surface area contributed by atoms with Gasteiger partial charge >= 0.3 is 0 Å². The van der Waals surface area contributed by atoms with E-state index in [-0.39, 0.29) is 6.04 Å². The molecule has 0 saturated heterocycles. The van der Waals surface area contributed by atoms with E-state index in [4.69, 9.17) is 4.74 Å². The lowest BCUT2D eigenvalue weighted by atomic mass is 10.0. The van der Waals surface area contributed by atoms with Crippen LogP contribution in [0.2, 0.25) is 0 Å². The standard InChI is InChI=1S/C15H19N3O/c1-3-16-13(15-17-9-6-10-18-15)11-12-7-4-5-8-14(12)19-2/h4-10,13,16H,3,11H2,1-2H3. The van der Waals surface area contributed by atoms with E-state index in [1.807, 2.05) is 24.3 Å². The fraction of sp³-hybridized carbons (Fsp3) is 0.333. The van der Waals surface area contributed by atoms with E-state index in [0.717, 1.165) is 30.1 Å². The first-order valence-electron chi connectivity index (χ1n) is 6.47. The van der Waals surface area contributed by atoms with E-state index in [0.29, 0.717) is 0 Å². The van der Waals surface area contributed by atoms with Gasteiger partial charge in [-0.25, -0.2) is 9.97 Å². The van der Waals surface area contributed by atoms with Gasteiger partial charge in [0.15, 0.2) is 0 Å². The van der Waals surface area contributed by atoms with Crippen LogP contribution in [0.4, 0.5) is 0 Å². The van der Waals surface area contributed by atoms with Crippen molar-refractivity contribution in [3.05, 3.63) is 54.1 Å². The van der Waals surface area contributed by atoms with Gasteiger partial charge in [-0.1, -0.05) is 25.1 Å². The molecular formula is C15H19N3O. The zero-order chi connectivity index (χ0) is 13.5. The SMILES string of the molecule is CCNC(Cc1ccccc1OC)c1ncccn1. The number of rotatable bonds is 6. The zero-order valence-electron chi connectivity index (χ0n) is 11.3. The molecule has 0 saturated carbocycles. The van der Waals surface area contributed by atoms with Crippen molar-refractivity contribution >= 4 is 0 Å². The molecule has 0 amide bonds. The fourth-order valence-corrected chi connectivity index (χ4v) is 2.08. The molecule has 1 N–H and O–H groups in total. The van der Waals surface area contributed by atoms with E-state index in [9.17, 15) is 0 Å². The molecule has 1 atom stereocenters. The normalized spacial score (nSPS) is 12.1. The smallest absolute Gasteiger partial charge is 0.145 e. The summed E-state index contributed by atoms with van der Waals surface area (Å²) in [5.41, 5.74) is 1.16. The largest absolute Gasteiger partial charge is 0.496 e. The number of likely N-dealkylation sites (N-methyl/N-ethyl adjacent to an activating group) is 1. The van der Waals surface area contributed by atoms with Gasteiger partial charge in [-0.15, -0.1) is 0 Å². The highest BCUT2D eigenvalue weighted by molar-refractivity contribution is 5.34. The Morgan fingerprint density at radius 1 is 1.16 bits per heavy atom. The van der Waals surface area contributed by atoms with E-state index in [1.54, 1.807) is 19.5 Å². The van der Waals surface area contributed by atoms with Crippen LogP contribution in [-0.4, -0.2) is 23.6 Å². The van der Waals surface area contributed by atoms with Crippen LogP contribution in [0, 0.1) is 0 Å². The lowest BCUT2D eigenvalue weighted by Crippen LogP contribution is -2.25. The van der Waals surface area contributed by atoms with Crippen LogP contribution in [0.3, 0.4) is 0 Å². The summed E-state index contributed by atoms with van der Waals surface area (Å²) in [4.78, 5) is 8.67. The van der Waals surface area contributed by atoms with Crippen molar-refractivity contribution in [1.29, 1.82) is 0 Å². The summed E-state index contributed by atoms with van der Waals surface area (Å²) in [6.45, 7) is 2.95. The number of hydrogen-bond donors (Lipinski definition) is 1. The number of aromatic nitrogens is 2. The molecule has 0 aliphatic carbocycles. The lowest BCUT2D eigenvalue weighted by molar-refractivity contribution is 0.404. The van der Waals surface area contributed by atoms with Crippen molar-refractivity contribution in [3.8, 4) is 5.75 Å². The Bertz CT molecular complexity index is 502. The third-order valence-electron chi connectivity index (χ3n) is 2.96. The van der Waals surface area contributed by atoms with Gasteiger partial charge in [-0.3, -0.25) is 0 Å². The van der Waals surface area contributed by atoms with Crippen molar-refractivity contribution in [3.63, 3.8) is 0 Å². The molecule has 1 aromatic heterocycles. The second-order valence-electron chi connectivity index (χ2n) is 4.23. The summed E-state index contributed by atoms with van der Waals surface area (Å²) in [5, 5.41) is 3.42. The van der Waals surface area contributed by atoms with Crippen molar-refractivity contribution in [2.75, 3.05) is 13.7 Å². The molecular weight excluding hydrogens is 238 g/mol. The van der Waals surface area contributed by atoms with Gasteiger partial charge in [0.05, 0.1) is 13.2 Å². The Morgan fingerprint density at radius 2 is 1.89 bits per heavy atom. The first-order valence-corrected chi connectivity index (χ1v) is 6.47. The molecule has 100 valence electrons. The minimum atomic E-state index is 0.0995. The second-order valence-corrected chi connectivity index (χ2v) is 4.23. The summed E-state index contributed by atoms with van der Waals surface area (Å²) >= 11 is 0. The van der Waals surface area contributed by atoms with Gasteiger partial charge in [0.1, 0.15) is 11.6 Å². The van der Waals surface area contributed by atoms with Crippen LogP contribution in [0.1, 0.15) is 24.4 Å². The van der Waals surface area contributed by atoms with Gasteiger partial charge in [0, 0.05) is 12.4 Å². The molecule has 0 aliphatic rings. The minimum absolute atomic E-state index is 0.0995. The summed E-state index contributed by atoms with van der Waals surface area (Å²) in [6, 6.07) is 9.98. The maximum atomic E-state index is 5.39. The molecule has 4 nitrogen and oxygen atoms in total. The molecule has 4 heteroatoms. The lowest BCUT2D eigenvalue weighted by Gasteiger charge is -2.17. The zero-order valence-corrected chi connectivity index (χ0v) is 11.3. The van der Waals surface area contributed by atoms with Crippen LogP contribution in [0.5, 0.6) is 5.75 Å². The predicted octanol–water partition coefficient (Wildman–Crippen LogP) is 2.38. The minimum Gasteiger partial charge on any atom is -0.496 e. The van der Waals surface area contributed by atoms with Gasteiger partial charge in [-0.05, 0) is 30.7 Å². The van der Waals surface area contributed by atoms with Gasteiger partial charge in [0.25, 0.3) is 0 Å². The quantitative estimate of drug-likeness (QED) is 0.863. The Labute approximate surface area is 113 Å². The van der Waals surface area contributed by atoms with Gasteiger partial charge in [-0.2, -0.15) is 0 Å². The Balaban J connectivity index is 2.21. The maximum Gasteiger partial charge on any atom is 0.145 e. The number of nitrogens with zero attached hydrogens (tertiary/aromatic N) is 2. The molecule has 0 radical (unpaired) electrons. The Kier molecular flexibility index (Phi) is 4.86. The molecule has 1 unspecified atom stereocenters. The van der Waals surface area contributed by atoms with E-state index < -0.39 is 0 Å². The van der Waals surface area contributed by atoms with Crippen LogP contribution >= 0.6 is 0 Å². The summed E-state index contributed by atoms with van der Waals surface area (Å²) in [7, 11) is 1.69. The Hall–Kier alpha value is -1.94. The second kappa shape index (κ2) is 6.85. The molecule has 0 bridgehead atoms. The van der Waals surface area contributed by atoms with E-state index in [2.05, 4.69) is 28.3 Å². The summed E-state index contributed by atoms with van der Waals surface area (Å²) < 4.78 is 5.39. The summed E-state index contributed by atoms with van der Waals surface area (Å²) in [6.07, 6.45) is 4.35. The Morgan fingerprint density at radius 3 is 2.58 bits per heavy atom. The highest BCUT2D eigenvalue weighted by Gasteiger charge is 2.15. The molecule has 19 heavy (non-hydrogen) atoms. The number of nitrogens with one attached hydrogen (secondary N) is 1. The first kappa shape index (κ1) is 13.5. The predicted molar refractivity (Wildman–Crippen MR) is 75.1 cm³/mol.